The molecule has 2 aliphatic rings. The minimum absolute atomic E-state index is 0.0605. The predicted octanol–water partition coefficient (Wildman–Crippen LogP) is 1.16. The molecule has 7 nitrogen and oxygen atoms in total. The standard InChI is InChI=1S/C17H22N4O3S/c1-25(23,24)21-8-6-12(7-9-21)17(22)20-10-13(11-20)16-18-14-4-2-3-5-15(14)19-16/h2-5,12-13H,6-11H2,1H3,(H,18,19). The lowest BCUT2D eigenvalue weighted by molar-refractivity contribution is -0.141. The fraction of sp³-hybridized carbons (Fsp3) is 0.529. The molecule has 1 amide bonds. The number of H-pyrrole nitrogens is 1. The van der Waals surface area contributed by atoms with Crippen LogP contribution in [0.15, 0.2) is 24.3 Å². The third-order valence-electron chi connectivity index (χ3n) is 5.26. The molecule has 2 saturated heterocycles. The van der Waals surface area contributed by atoms with Gasteiger partial charge in [0.15, 0.2) is 0 Å². The van der Waals surface area contributed by atoms with Crippen LogP contribution < -0.4 is 0 Å². The van der Waals surface area contributed by atoms with Crippen molar-refractivity contribution in [2.45, 2.75) is 18.8 Å². The summed E-state index contributed by atoms with van der Waals surface area (Å²) in [5.74, 6) is 1.29. The molecule has 2 fully saturated rings. The van der Waals surface area contributed by atoms with Gasteiger partial charge in [-0.15, -0.1) is 0 Å². The second-order valence-corrected chi connectivity index (χ2v) is 9.00. The summed E-state index contributed by atoms with van der Waals surface area (Å²) in [6, 6.07) is 7.92. The average Bonchev–Trinajstić information content (AvgIpc) is 2.96. The van der Waals surface area contributed by atoms with Crippen LogP contribution in [-0.2, 0) is 14.8 Å². The molecule has 3 heterocycles. The SMILES string of the molecule is CS(=O)(=O)N1CCC(C(=O)N2CC(c3nc4ccccc4[nH]3)C2)CC1. The molecule has 2 aromatic rings. The number of hydrogen-bond acceptors (Lipinski definition) is 4. The second-order valence-electron chi connectivity index (χ2n) is 7.02. The summed E-state index contributed by atoms with van der Waals surface area (Å²) < 4.78 is 24.6. The molecule has 0 saturated carbocycles. The number of para-hydroxylation sites is 2. The van der Waals surface area contributed by atoms with Crippen LogP contribution in [0, 0.1) is 5.92 Å². The van der Waals surface area contributed by atoms with Crippen LogP contribution in [0.5, 0.6) is 0 Å². The highest BCUT2D eigenvalue weighted by Gasteiger charge is 2.38. The number of aromatic nitrogens is 2. The highest BCUT2D eigenvalue weighted by Crippen LogP contribution is 2.30. The summed E-state index contributed by atoms with van der Waals surface area (Å²) in [4.78, 5) is 22.4. The van der Waals surface area contributed by atoms with Gasteiger partial charge in [-0.1, -0.05) is 12.1 Å². The van der Waals surface area contributed by atoms with Crippen molar-refractivity contribution in [2.24, 2.45) is 5.92 Å². The fourth-order valence-electron chi connectivity index (χ4n) is 3.69. The Balaban J connectivity index is 1.34. The van der Waals surface area contributed by atoms with Crippen LogP contribution in [0.25, 0.3) is 11.0 Å². The van der Waals surface area contributed by atoms with Gasteiger partial charge in [-0.05, 0) is 25.0 Å². The number of sulfonamides is 1. The highest BCUT2D eigenvalue weighted by atomic mass is 32.2. The van der Waals surface area contributed by atoms with E-state index in [1.54, 1.807) is 0 Å². The van der Waals surface area contributed by atoms with E-state index in [1.807, 2.05) is 29.2 Å². The number of nitrogens with one attached hydrogen (secondary N) is 1. The first-order valence-electron chi connectivity index (χ1n) is 8.60. The lowest BCUT2D eigenvalue weighted by Gasteiger charge is -2.41. The molecule has 4 rings (SSSR count). The van der Waals surface area contributed by atoms with E-state index in [0.717, 1.165) is 16.9 Å². The Morgan fingerprint density at radius 1 is 1.20 bits per heavy atom. The number of aromatic amines is 1. The third kappa shape index (κ3) is 3.16. The molecule has 134 valence electrons. The molecule has 0 radical (unpaired) electrons. The van der Waals surface area contributed by atoms with Crippen LogP contribution in [0.4, 0.5) is 0 Å². The third-order valence-corrected chi connectivity index (χ3v) is 6.56. The molecule has 1 aromatic heterocycles. The lowest BCUT2D eigenvalue weighted by atomic mass is 9.92. The Morgan fingerprint density at radius 3 is 2.52 bits per heavy atom. The maximum Gasteiger partial charge on any atom is 0.225 e. The number of nitrogens with zero attached hydrogens (tertiary/aromatic N) is 3. The number of benzene rings is 1. The predicted molar refractivity (Wildman–Crippen MR) is 94.6 cm³/mol. The summed E-state index contributed by atoms with van der Waals surface area (Å²) in [5.41, 5.74) is 1.98. The smallest absolute Gasteiger partial charge is 0.225 e. The molecule has 0 bridgehead atoms. The van der Waals surface area contributed by atoms with E-state index in [2.05, 4.69) is 9.97 Å². The van der Waals surface area contributed by atoms with Gasteiger partial charge in [0.2, 0.25) is 15.9 Å². The minimum Gasteiger partial charge on any atom is -0.342 e. The number of hydrogen-bond donors (Lipinski definition) is 1. The molecule has 1 N–H and O–H groups in total. The molecule has 0 atom stereocenters. The normalized spacial score (nSPS) is 20.8. The number of likely N-dealkylation sites (tertiary alicyclic amines) is 1. The molecule has 8 heteroatoms. The number of carbonyl (C=O) groups is 1. The zero-order chi connectivity index (χ0) is 17.6. The van der Waals surface area contributed by atoms with Crippen molar-refractivity contribution < 1.29 is 13.2 Å². The van der Waals surface area contributed by atoms with Gasteiger partial charge >= 0.3 is 0 Å². The molecular weight excluding hydrogens is 340 g/mol. The minimum atomic E-state index is -3.15. The van der Waals surface area contributed by atoms with Crippen LogP contribution in [0.2, 0.25) is 0 Å². The number of carbonyl (C=O) groups excluding carboxylic acids is 1. The average molecular weight is 362 g/mol. The lowest BCUT2D eigenvalue weighted by Crippen LogP contribution is -2.52. The van der Waals surface area contributed by atoms with Crippen molar-refractivity contribution in [3.63, 3.8) is 0 Å². The van der Waals surface area contributed by atoms with Crippen molar-refractivity contribution in [1.82, 2.24) is 19.2 Å². The maximum absolute atomic E-state index is 12.6. The number of fused-ring (bicyclic) bond motifs is 1. The topological polar surface area (TPSA) is 86.4 Å². The van der Waals surface area contributed by atoms with Gasteiger partial charge in [-0.25, -0.2) is 17.7 Å². The zero-order valence-corrected chi connectivity index (χ0v) is 15.0. The highest BCUT2D eigenvalue weighted by molar-refractivity contribution is 7.88. The summed E-state index contributed by atoms with van der Waals surface area (Å²) >= 11 is 0. The van der Waals surface area contributed by atoms with Crippen LogP contribution >= 0.6 is 0 Å². The molecule has 1 aromatic carbocycles. The Labute approximate surface area is 147 Å². The molecular formula is C17H22N4O3S. The van der Waals surface area contributed by atoms with E-state index >= 15 is 0 Å². The van der Waals surface area contributed by atoms with Crippen LogP contribution in [0.3, 0.4) is 0 Å². The van der Waals surface area contributed by atoms with Crippen LogP contribution in [0.1, 0.15) is 24.6 Å². The monoisotopic (exact) mass is 362 g/mol. The van der Waals surface area contributed by atoms with E-state index in [1.165, 1.54) is 10.6 Å². The van der Waals surface area contributed by atoms with Crippen molar-refractivity contribution in [3.8, 4) is 0 Å². The van der Waals surface area contributed by atoms with Crippen molar-refractivity contribution in [3.05, 3.63) is 30.1 Å². The second kappa shape index (κ2) is 6.10. The molecule has 0 spiro atoms. The number of rotatable bonds is 3. The van der Waals surface area contributed by atoms with Crippen molar-refractivity contribution >= 4 is 27.0 Å². The van der Waals surface area contributed by atoms with E-state index < -0.39 is 10.0 Å². The Hall–Kier alpha value is -1.93. The number of imidazole rings is 1. The summed E-state index contributed by atoms with van der Waals surface area (Å²) in [6.45, 7) is 2.25. The Bertz CT molecular complexity index is 861. The quantitative estimate of drug-likeness (QED) is 0.888. The van der Waals surface area contributed by atoms with Gasteiger partial charge in [0.1, 0.15) is 5.82 Å². The first kappa shape index (κ1) is 16.5. The van der Waals surface area contributed by atoms with Gasteiger partial charge in [0.25, 0.3) is 0 Å². The maximum atomic E-state index is 12.6. The summed E-state index contributed by atoms with van der Waals surface area (Å²) in [6.07, 6.45) is 2.44. The molecule has 0 aliphatic carbocycles. The summed E-state index contributed by atoms with van der Waals surface area (Å²) in [5, 5.41) is 0. The van der Waals surface area contributed by atoms with Gasteiger partial charge in [0.05, 0.1) is 23.2 Å². The first-order chi connectivity index (χ1) is 11.9. The van der Waals surface area contributed by atoms with E-state index in [0.29, 0.717) is 39.0 Å². The van der Waals surface area contributed by atoms with Gasteiger partial charge in [0, 0.05) is 32.1 Å². The Kier molecular flexibility index (Phi) is 4.04. The molecule has 2 aliphatic heterocycles. The van der Waals surface area contributed by atoms with Crippen LogP contribution in [-0.4, -0.2) is 65.9 Å². The number of piperidine rings is 1. The van der Waals surface area contributed by atoms with Crippen molar-refractivity contribution in [2.75, 3.05) is 32.4 Å². The summed E-state index contributed by atoms with van der Waals surface area (Å²) in [7, 11) is -3.15. The van der Waals surface area contributed by atoms with E-state index in [-0.39, 0.29) is 17.7 Å². The fourth-order valence-corrected chi connectivity index (χ4v) is 4.56. The number of amides is 1. The van der Waals surface area contributed by atoms with Gasteiger partial charge in [-0.3, -0.25) is 4.79 Å². The molecule has 25 heavy (non-hydrogen) atoms. The van der Waals surface area contributed by atoms with Gasteiger partial charge < -0.3 is 9.88 Å². The Morgan fingerprint density at radius 2 is 1.88 bits per heavy atom. The molecule has 0 unspecified atom stereocenters. The van der Waals surface area contributed by atoms with E-state index in [4.69, 9.17) is 0 Å². The largest absolute Gasteiger partial charge is 0.342 e. The first-order valence-corrected chi connectivity index (χ1v) is 10.5. The van der Waals surface area contributed by atoms with E-state index in [9.17, 15) is 13.2 Å². The zero-order valence-electron chi connectivity index (χ0n) is 14.2. The van der Waals surface area contributed by atoms with Crippen molar-refractivity contribution in [1.29, 1.82) is 0 Å². The van der Waals surface area contributed by atoms with Gasteiger partial charge in [-0.2, -0.15) is 0 Å².